The van der Waals surface area contributed by atoms with Crippen LogP contribution in [-0.2, 0) is 9.59 Å². The third-order valence-electron chi connectivity index (χ3n) is 4.36. The van der Waals surface area contributed by atoms with E-state index >= 15 is 0 Å². The van der Waals surface area contributed by atoms with E-state index in [0.29, 0.717) is 23.4 Å². The van der Waals surface area contributed by atoms with E-state index in [0.717, 1.165) is 24.2 Å². The number of amides is 2. The van der Waals surface area contributed by atoms with Crippen molar-refractivity contribution in [3.8, 4) is 11.8 Å². The molecular formula is C21H20N4O3. The van der Waals surface area contributed by atoms with Gasteiger partial charge in [0.05, 0.1) is 11.3 Å². The van der Waals surface area contributed by atoms with Crippen molar-refractivity contribution in [2.75, 3.05) is 18.1 Å². The third kappa shape index (κ3) is 4.54. The summed E-state index contributed by atoms with van der Waals surface area (Å²) < 4.78 is 5.38. The fourth-order valence-electron chi connectivity index (χ4n) is 2.89. The fraction of sp³-hybridized carbons (Fsp3) is 0.238. The average molecular weight is 376 g/mol. The molecule has 142 valence electrons. The van der Waals surface area contributed by atoms with E-state index in [9.17, 15) is 9.59 Å². The minimum Gasteiger partial charge on any atom is -0.482 e. The monoisotopic (exact) mass is 376 g/mol. The Morgan fingerprint density at radius 1 is 1.29 bits per heavy atom. The molecular weight excluding hydrogens is 356 g/mol. The van der Waals surface area contributed by atoms with Gasteiger partial charge in [0.2, 0.25) is 5.91 Å². The van der Waals surface area contributed by atoms with Gasteiger partial charge in [-0.2, -0.15) is 10.4 Å². The number of rotatable bonds is 6. The molecule has 0 bridgehead atoms. The van der Waals surface area contributed by atoms with Gasteiger partial charge in [-0.1, -0.05) is 24.3 Å². The maximum atomic E-state index is 12.0. The molecule has 1 aliphatic heterocycles. The Balaban J connectivity index is 1.60. The van der Waals surface area contributed by atoms with Gasteiger partial charge in [0.15, 0.2) is 6.61 Å². The zero-order valence-corrected chi connectivity index (χ0v) is 15.5. The molecule has 7 nitrogen and oxygen atoms in total. The second kappa shape index (κ2) is 8.82. The van der Waals surface area contributed by atoms with Crippen LogP contribution in [0, 0.1) is 11.3 Å². The van der Waals surface area contributed by atoms with Gasteiger partial charge in [0.25, 0.3) is 5.91 Å². The number of nitriles is 1. The van der Waals surface area contributed by atoms with Crippen molar-refractivity contribution in [1.29, 1.82) is 5.26 Å². The number of nitrogens with zero attached hydrogens (tertiary/aromatic N) is 3. The van der Waals surface area contributed by atoms with Crippen LogP contribution in [0.1, 0.15) is 30.9 Å². The van der Waals surface area contributed by atoms with E-state index in [1.54, 1.807) is 36.1 Å². The number of hydrogen-bond acceptors (Lipinski definition) is 5. The van der Waals surface area contributed by atoms with E-state index in [1.165, 1.54) is 0 Å². The molecule has 28 heavy (non-hydrogen) atoms. The van der Waals surface area contributed by atoms with Gasteiger partial charge in [-0.25, -0.2) is 5.43 Å². The van der Waals surface area contributed by atoms with Crippen molar-refractivity contribution in [3.05, 3.63) is 59.7 Å². The van der Waals surface area contributed by atoms with Crippen molar-refractivity contribution in [3.63, 3.8) is 0 Å². The number of anilines is 1. The molecule has 7 heteroatoms. The first-order valence-electron chi connectivity index (χ1n) is 8.94. The molecule has 0 unspecified atom stereocenters. The molecule has 0 aliphatic carbocycles. The first-order chi connectivity index (χ1) is 13.6. The zero-order valence-electron chi connectivity index (χ0n) is 15.5. The third-order valence-corrected chi connectivity index (χ3v) is 4.36. The Kier molecular flexibility index (Phi) is 6.02. The Morgan fingerprint density at radius 3 is 2.86 bits per heavy atom. The Labute approximate surface area is 163 Å². The summed E-state index contributed by atoms with van der Waals surface area (Å²) in [5.74, 6) is 0.0386. The quantitative estimate of drug-likeness (QED) is 0.619. The highest BCUT2D eigenvalue weighted by atomic mass is 16.5. The molecule has 0 atom stereocenters. The SMILES string of the molecule is C/C(=N/NC(=O)COc1ccccc1C#N)c1cccc(N2CCCC2=O)c1. The van der Waals surface area contributed by atoms with E-state index in [2.05, 4.69) is 10.5 Å². The molecule has 0 aromatic heterocycles. The van der Waals surface area contributed by atoms with E-state index in [4.69, 9.17) is 10.00 Å². The van der Waals surface area contributed by atoms with Gasteiger partial charge in [0.1, 0.15) is 11.8 Å². The fourth-order valence-corrected chi connectivity index (χ4v) is 2.89. The lowest BCUT2D eigenvalue weighted by atomic mass is 10.1. The summed E-state index contributed by atoms with van der Waals surface area (Å²) in [6.07, 6.45) is 1.43. The largest absolute Gasteiger partial charge is 0.482 e. The van der Waals surface area contributed by atoms with Crippen molar-refractivity contribution in [1.82, 2.24) is 5.43 Å². The van der Waals surface area contributed by atoms with Crippen LogP contribution in [-0.4, -0.2) is 30.7 Å². The number of ether oxygens (including phenoxy) is 1. The zero-order chi connectivity index (χ0) is 19.9. The van der Waals surface area contributed by atoms with Crippen LogP contribution in [0.25, 0.3) is 0 Å². The lowest BCUT2D eigenvalue weighted by Crippen LogP contribution is -2.26. The number of hydrazone groups is 1. The van der Waals surface area contributed by atoms with Crippen LogP contribution in [0.5, 0.6) is 5.75 Å². The van der Waals surface area contributed by atoms with Gasteiger partial charge in [-0.15, -0.1) is 0 Å². The molecule has 0 saturated carbocycles. The molecule has 1 heterocycles. The molecule has 2 aromatic carbocycles. The highest BCUT2D eigenvalue weighted by Crippen LogP contribution is 2.22. The molecule has 2 aromatic rings. The van der Waals surface area contributed by atoms with Gasteiger partial charge in [-0.3, -0.25) is 9.59 Å². The topological polar surface area (TPSA) is 94.8 Å². The number of carbonyl (C=O) groups excluding carboxylic acids is 2. The minimum absolute atomic E-state index is 0.120. The standard InChI is InChI=1S/C21H20N4O3/c1-15(16-7-4-8-18(12-16)25-11-5-10-21(25)27)23-24-20(26)14-28-19-9-3-2-6-17(19)13-22/h2-4,6-9,12H,5,10-11,14H2,1H3,(H,24,26)/b23-15-. The second-order valence-corrected chi connectivity index (χ2v) is 6.33. The summed E-state index contributed by atoms with van der Waals surface area (Å²) in [7, 11) is 0. The van der Waals surface area contributed by atoms with Gasteiger partial charge >= 0.3 is 0 Å². The number of hydrogen-bond donors (Lipinski definition) is 1. The predicted molar refractivity (Wildman–Crippen MR) is 105 cm³/mol. The number of nitrogens with one attached hydrogen (secondary N) is 1. The smallest absolute Gasteiger partial charge is 0.277 e. The maximum Gasteiger partial charge on any atom is 0.277 e. The van der Waals surface area contributed by atoms with E-state index in [-0.39, 0.29) is 12.5 Å². The second-order valence-electron chi connectivity index (χ2n) is 6.33. The average Bonchev–Trinajstić information content (AvgIpc) is 3.16. The van der Waals surface area contributed by atoms with Crippen LogP contribution < -0.4 is 15.1 Å². The van der Waals surface area contributed by atoms with Crippen LogP contribution in [0.4, 0.5) is 5.69 Å². The summed E-state index contributed by atoms with van der Waals surface area (Å²) in [4.78, 5) is 25.7. The highest BCUT2D eigenvalue weighted by Gasteiger charge is 2.21. The Hall–Kier alpha value is -3.66. The summed E-state index contributed by atoms with van der Waals surface area (Å²) >= 11 is 0. The van der Waals surface area contributed by atoms with Crippen LogP contribution >= 0.6 is 0 Å². The van der Waals surface area contributed by atoms with Crippen molar-refractivity contribution >= 4 is 23.2 Å². The predicted octanol–water partition coefficient (Wildman–Crippen LogP) is 2.60. The molecule has 3 rings (SSSR count). The maximum absolute atomic E-state index is 12.0. The van der Waals surface area contributed by atoms with Crippen molar-refractivity contribution in [2.45, 2.75) is 19.8 Å². The number of carbonyl (C=O) groups is 2. The molecule has 0 radical (unpaired) electrons. The summed E-state index contributed by atoms with van der Waals surface area (Å²) in [6.45, 7) is 2.24. The highest BCUT2D eigenvalue weighted by molar-refractivity contribution is 6.01. The van der Waals surface area contributed by atoms with Crippen LogP contribution in [0.3, 0.4) is 0 Å². The molecule has 2 amide bonds. The Morgan fingerprint density at radius 2 is 2.11 bits per heavy atom. The lowest BCUT2D eigenvalue weighted by Gasteiger charge is -2.16. The van der Waals surface area contributed by atoms with Gasteiger partial charge in [0, 0.05) is 18.7 Å². The van der Waals surface area contributed by atoms with Crippen molar-refractivity contribution in [2.24, 2.45) is 5.10 Å². The number of para-hydroxylation sites is 1. The molecule has 1 fully saturated rings. The first-order valence-corrected chi connectivity index (χ1v) is 8.94. The molecule has 1 N–H and O–H groups in total. The number of benzene rings is 2. The van der Waals surface area contributed by atoms with Crippen LogP contribution in [0.2, 0.25) is 0 Å². The molecule has 0 spiro atoms. The molecule has 1 aliphatic rings. The van der Waals surface area contributed by atoms with E-state index < -0.39 is 5.91 Å². The normalized spacial score (nSPS) is 13.9. The molecule has 1 saturated heterocycles. The van der Waals surface area contributed by atoms with Gasteiger partial charge in [-0.05, 0) is 43.2 Å². The summed E-state index contributed by atoms with van der Waals surface area (Å²) in [5, 5.41) is 13.1. The van der Waals surface area contributed by atoms with Crippen molar-refractivity contribution < 1.29 is 14.3 Å². The van der Waals surface area contributed by atoms with E-state index in [1.807, 2.05) is 30.3 Å². The lowest BCUT2D eigenvalue weighted by molar-refractivity contribution is -0.123. The summed E-state index contributed by atoms with van der Waals surface area (Å²) in [5.41, 5.74) is 5.07. The minimum atomic E-state index is -0.432. The summed E-state index contributed by atoms with van der Waals surface area (Å²) in [6, 6.07) is 16.2. The Bertz CT molecular complexity index is 962. The van der Waals surface area contributed by atoms with Crippen LogP contribution in [0.15, 0.2) is 53.6 Å². The van der Waals surface area contributed by atoms with Gasteiger partial charge < -0.3 is 9.64 Å². The first kappa shape index (κ1) is 19.1.